The molecule has 0 atom stereocenters. The quantitative estimate of drug-likeness (QED) is 0.461. The van der Waals surface area contributed by atoms with E-state index < -0.39 is 0 Å². The van der Waals surface area contributed by atoms with Crippen molar-refractivity contribution in [3.63, 3.8) is 0 Å². The first kappa shape index (κ1) is 18.3. The third-order valence-electron chi connectivity index (χ3n) is 4.16. The predicted octanol–water partition coefficient (Wildman–Crippen LogP) is 4.84. The average Bonchev–Trinajstić information content (AvgIpc) is 2.65. The van der Waals surface area contributed by atoms with Crippen molar-refractivity contribution in [3.8, 4) is 11.5 Å². The van der Waals surface area contributed by atoms with Gasteiger partial charge in [0.15, 0.2) is 5.78 Å². The summed E-state index contributed by atoms with van der Waals surface area (Å²) in [6, 6.07) is 13.6. The second-order valence-electron chi connectivity index (χ2n) is 6.08. The molecule has 0 aliphatic carbocycles. The number of pyridine rings is 1. The van der Waals surface area contributed by atoms with Crippen LogP contribution in [0.5, 0.6) is 11.5 Å². The van der Waals surface area contributed by atoms with Gasteiger partial charge in [-0.2, -0.15) is 0 Å². The van der Waals surface area contributed by atoms with Crippen LogP contribution < -0.4 is 9.47 Å². The molecule has 0 amide bonds. The van der Waals surface area contributed by atoms with Gasteiger partial charge in [-0.05, 0) is 55.3 Å². The minimum atomic E-state index is -0.0173. The van der Waals surface area contributed by atoms with E-state index in [-0.39, 0.29) is 11.5 Å². The number of carbonyl (C=O) groups excluding carboxylic acids is 1. The zero-order chi connectivity index (χ0) is 18.7. The Morgan fingerprint density at radius 2 is 1.85 bits per heavy atom. The summed E-state index contributed by atoms with van der Waals surface area (Å²) in [5, 5.41) is 1.98. The van der Waals surface area contributed by atoms with Crippen LogP contribution in [0.25, 0.3) is 10.9 Å². The summed E-state index contributed by atoms with van der Waals surface area (Å²) < 4.78 is 10.5. The maximum absolute atomic E-state index is 12.7. The Kier molecular flexibility index (Phi) is 5.47. The monoisotopic (exact) mass is 367 g/mol. The van der Waals surface area contributed by atoms with Crippen molar-refractivity contribution in [1.82, 2.24) is 4.98 Å². The standard InChI is InChI=1S/C21H21NO3S/c1-13-5-6-15-10-14(2)21(22-18(15)9-13)26-12-19(23)17-11-16(24-3)7-8-20(17)25-4/h5-11H,12H2,1-4H3. The molecule has 3 rings (SSSR count). The molecular formula is C21H21NO3S. The van der Waals surface area contributed by atoms with Crippen LogP contribution in [0.1, 0.15) is 21.5 Å². The van der Waals surface area contributed by atoms with E-state index >= 15 is 0 Å². The minimum absolute atomic E-state index is 0.0173. The maximum Gasteiger partial charge on any atom is 0.176 e. The van der Waals surface area contributed by atoms with Gasteiger partial charge in [-0.1, -0.05) is 23.9 Å². The number of ether oxygens (including phenoxy) is 2. The van der Waals surface area contributed by atoms with Gasteiger partial charge in [0.25, 0.3) is 0 Å². The van der Waals surface area contributed by atoms with Crippen LogP contribution in [0.2, 0.25) is 0 Å². The third-order valence-corrected chi connectivity index (χ3v) is 5.26. The summed E-state index contributed by atoms with van der Waals surface area (Å²) in [5.41, 5.74) is 3.71. The number of thioether (sulfide) groups is 1. The van der Waals surface area contributed by atoms with Gasteiger partial charge in [0.05, 0.1) is 31.1 Å². The summed E-state index contributed by atoms with van der Waals surface area (Å²) in [6.45, 7) is 4.07. The predicted molar refractivity (Wildman–Crippen MR) is 106 cm³/mol. The molecule has 1 heterocycles. The molecule has 134 valence electrons. The van der Waals surface area contributed by atoms with Crippen molar-refractivity contribution >= 4 is 28.4 Å². The van der Waals surface area contributed by atoms with Crippen molar-refractivity contribution in [3.05, 3.63) is 59.2 Å². The van der Waals surface area contributed by atoms with Crippen LogP contribution in [0, 0.1) is 13.8 Å². The van der Waals surface area contributed by atoms with Crippen LogP contribution >= 0.6 is 11.8 Å². The molecule has 26 heavy (non-hydrogen) atoms. The first-order chi connectivity index (χ1) is 12.5. The van der Waals surface area contributed by atoms with Gasteiger partial charge in [-0.15, -0.1) is 0 Å². The van der Waals surface area contributed by atoms with Crippen molar-refractivity contribution in [1.29, 1.82) is 0 Å². The Morgan fingerprint density at radius 3 is 2.58 bits per heavy atom. The maximum atomic E-state index is 12.7. The van der Waals surface area contributed by atoms with Crippen LogP contribution in [0.3, 0.4) is 0 Å². The molecule has 0 saturated heterocycles. The van der Waals surface area contributed by atoms with Gasteiger partial charge < -0.3 is 9.47 Å². The number of ketones is 1. The average molecular weight is 367 g/mol. The number of Topliss-reactive ketones (excluding diaryl/α,β-unsaturated/α-hetero) is 1. The lowest BCUT2D eigenvalue weighted by molar-refractivity contribution is 0.101. The number of benzene rings is 2. The minimum Gasteiger partial charge on any atom is -0.497 e. The van der Waals surface area contributed by atoms with Crippen LogP contribution in [0.4, 0.5) is 0 Å². The highest BCUT2D eigenvalue weighted by Crippen LogP contribution is 2.29. The smallest absolute Gasteiger partial charge is 0.176 e. The Morgan fingerprint density at radius 1 is 1.04 bits per heavy atom. The molecule has 2 aromatic carbocycles. The summed E-state index contributed by atoms with van der Waals surface area (Å²) in [7, 11) is 3.14. The molecule has 0 bridgehead atoms. The molecular weight excluding hydrogens is 346 g/mol. The topological polar surface area (TPSA) is 48.4 Å². The number of nitrogens with zero attached hydrogens (tertiary/aromatic N) is 1. The molecule has 0 aliphatic heterocycles. The zero-order valence-corrected chi connectivity index (χ0v) is 16.1. The number of aryl methyl sites for hydroxylation is 2. The van der Waals surface area contributed by atoms with Crippen LogP contribution in [0.15, 0.2) is 47.5 Å². The number of carbonyl (C=O) groups is 1. The SMILES string of the molecule is COc1ccc(OC)c(C(=O)CSc2nc3cc(C)ccc3cc2C)c1. The van der Waals surface area contributed by atoms with E-state index in [4.69, 9.17) is 14.5 Å². The van der Waals surface area contributed by atoms with Crippen LogP contribution in [-0.2, 0) is 0 Å². The number of fused-ring (bicyclic) bond motifs is 1. The highest BCUT2D eigenvalue weighted by molar-refractivity contribution is 8.00. The van der Waals surface area contributed by atoms with Gasteiger partial charge in [0.2, 0.25) is 0 Å². The third kappa shape index (κ3) is 3.83. The van der Waals surface area contributed by atoms with E-state index in [1.807, 2.05) is 13.8 Å². The summed E-state index contributed by atoms with van der Waals surface area (Å²) >= 11 is 1.45. The molecule has 0 spiro atoms. The second-order valence-corrected chi connectivity index (χ2v) is 7.05. The molecule has 0 unspecified atom stereocenters. The second kappa shape index (κ2) is 7.79. The van der Waals surface area contributed by atoms with Crippen LogP contribution in [-0.4, -0.2) is 30.7 Å². The molecule has 4 nitrogen and oxygen atoms in total. The number of methoxy groups -OCH3 is 2. The molecule has 1 aromatic heterocycles. The molecule has 3 aromatic rings. The molecule has 0 N–H and O–H groups in total. The lowest BCUT2D eigenvalue weighted by Crippen LogP contribution is -2.06. The molecule has 5 heteroatoms. The van der Waals surface area contributed by atoms with Crippen molar-refractivity contribution in [2.24, 2.45) is 0 Å². The fourth-order valence-electron chi connectivity index (χ4n) is 2.75. The Hall–Kier alpha value is -2.53. The van der Waals surface area contributed by atoms with E-state index in [9.17, 15) is 4.79 Å². The first-order valence-electron chi connectivity index (χ1n) is 8.28. The van der Waals surface area contributed by atoms with Gasteiger partial charge in [0.1, 0.15) is 16.5 Å². The number of hydrogen-bond donors (Lipinski definition) is 0. The lowest BCUT2D eigenvalue weighted by atomic mass is 10.1. The fourth-order valence-corrected chi connectivity index (χ4v) is 3.63. The van der Waals surface area contributed by atoms with Crippen molar-refractivity contribution in [2.75, 3.05) is 20.0 Å². The highest BCUT2D eigenvalue weighted by atomic mass is 32.2. The number of rotatable bonds is 6. The number of hydrogen-bond acceptors (Lipinski definition) is 5. The first-order valence-corrected chi connectivity index (χ1v) is 9.26. The molecule has 0 fully saturated rings. The van der Waals surface area contributed by atoms with E-state index in [2.05, 4.69) is 24.3 Å². The lowest BCUT2D eigenvalue weighted by Gasteiger charge is -2.10. The van der Waals surface area contributed by atoms with Gasteiger partial charge in [0, 0.05) is 5.39 Å². The fraction of sp³-hybridized carbons (Fsp3) is 0.238. The number of aromatic nitrogens is 1. The summed E-state index contributed by atoms with van der Waals surface area (Å²) in [5.74, 6) is 1.45. The zero-order valence-electron chi connectivity index (χ0n) is 15.3. The Labute approximate surface area is 157 Å². The van der Waals surface area contributed by atoms with E-state index in [1.165, 1.54) is 17.3 Å². The summed E-state index contributed by atoms with van der Waals surface area (Å²) in [4.78, 5) is 17.4. The molecule has 0 aliphatic rings. The normalized spacial score (nSPS) is 10.8. The van der Waals surface area contributed by atoms with E-state index in [0.717, 1.165) is 21.5 Å². The van der Waals surface area contributed by atoms with Crippen molar-refractivity contribution in [2.45, 2.75) is 18.9 Å². The highest BCUT2D eigenvalue weighted by Gasteiger charge is 2.15. The Balaban J connectivity index is 1.83. The van der Waals surface area contributed by atoms with Crippen molar-refractivity contribution < 1.29 is 14.3 Å². The largest absolute Gasteiger partial charge is 0.497 e. The van der Waals surface area contributed by atoms with Gasteiger partial charge in [-0.25, -0.2) is 4.98 Å². The Bertz CT molecular complexity index is 969. The van der Waals surface area contributed by atoms with Gasteiger partial charge in [-0.3, -0.25) is 4.79 Å². The molecule has 0 radical (unpaired) electrons. The van der Waals surface area contributed by atoms with Gasteiger partial charge >= 0.3 is 0 Å². The van der Waals surface area contributed by atoms with E-state index in [1.54, 1.807) is 32.4 Å². The molecule has 0 saturated carbocycles. The van der Waals surface area contributed by atoms with E-state index in [0.29, 0.717) is 17.1 Å². The summed E-state index contributed by atoms with van der Waals surface area (Å²) in [6.07, 6.45) is 0.